The first-order chi connectivity index (χ1) is 14.2. The Morgan fingerprint density at radius 2 is 2.03 bits per heavy atom. The summed E-state index contributed by atoms with van der Waals surface area (Å²) in [6, 6.07) is 10.3. The highest BCUT2D eigenvalue weighted by molar-refractivity contribution is 7.99. The van der Waals surface area contributed by atoms with Crippen molar-refractivity contribution < 1.29 is 4.79 Å². The molecule has 3 aromatic rings. The van der Waals surface area contributed by atoms with Crippen molar-refractivity contribution in [2.45, 2.75) is 44.3 Å². The standard InChI is InChI=1S/C22H25N3O2S2/c26-19(23-12-6-9-15-7-2-1-3-8-15)14-28-13-18-24-21(27)20-16-10-4-5-11-17(16)29-22(20)25-18/h1-3,7-8H,4-6,9-14H2,(H,23,26)(H,24,25,27). The molecule has 1 aliphatic carbocycles. The van der Waals surface area contributed by atoms with Gasteiger partial charge in [0.1, 0.15) is 10.7 Å². The van der Waals surface area contributed by atoms with Gasteiger partial charge in [-0.05, 0) is 49.7 Å². The maximum absolute atomic E-state index is 12.5. The number of thiophene rings is 1. The Labute approximate surface area is 178 Å². The average molecular weight is 428 g/mol. The number of hydrogen-bond acceptors (Lipinski definition) is 5. The molecule has 7 heteroatoms. The van der Waals surface area contributed by atoms with Gasteiger partial charge < -0.3 is 10.3 Å². The van der Waals surface area contributed by atoms with E-state index < -0.39 is 0 Å². The van der Waals surface area contributed by atoms with Gasteiger partial charge in [0.2, 0.25) is 5.91 Å². The molecule has 29 heavy (non-hydrogen) atoms. The number of amides is 1. The summed E-state index contributed by atoms with van der Waals surface area (Å²) in [7, 11) is 0. The minimum Gasteiger partial charge on any atom is -0.355 e. The van der Waals surface area contributed by atoms with E-state index in [9.17, 15) is 9.59 Å². The van der Waals surface area contributed by atoms with Crippen LogP contribution in [0, 0.1) is 0 Å². The van der Waals surface area contributed by atoms with E-state index in [4.69, 9.17) is 0 Å². The van der Waals surface area contributed by atoms with Crippen LogP contribution in [-0.4, -0.2) is 28.2 Å². The van der Waals surface area contributed by atoms with Crippen LogP contribution in [0.3, 0.4) is 0 Å². The van der Waals surface area contributed by atoms with Gasteiger partial charge in [-0.2, -0.15) is 0 Å². The van der Waals surface area contributed by atoms with Crippen LogP contribution in [-0.2, 0) is 29.8 Å². The Morgan fingerprint density at radius 3 is 2.90 bits per heavy atom. The molecule has 0 unspecified atom stereocenters. The molecule has 4 rings (SSSR count). The number of aromatic nitrogens is 2. The van der Waals surface area contributed by atoms with E-state index in [1.165, 1.54) is 34.2 Å². The number of thioether (sulfide) groups is 1. The number of nitrogens with zero attached hydrogens (tertiary/aromatic N) is 1. The lowest BCUT2D eigenvalue weighted by Crippen LogP contribution is -2.26. The van der Waals surface area contributed by atoms with Crippen LogP contribution in [0.2, 0.25) is 0 Å². The van der Waals surface area contributed by atoms with Crippen molar-refractivity contribution in [3.05, 3.63) is 62.5 Å². The van der Waals surface area contributed by atoms with E-state index >= 15 is 0 Å². The van der Waals surface area contributed by atoms with Crippen molar-refractivity contribution in [1.29, 1.82) is 0 Å². The summed E-state index contributed by atoms with van der Waals surface area (Å²) in [5, 5.41) is 3.75. The lowest BCUT2D eigenvalue weighted by Gasteiger charge is -2.09. The Morgan fingerprint density at radius 1 is 1.21 bits per heavy atom. The maximum Gasteiger partial charge on any atom is 0.259 e. The van der Waals surface area contributed by atoms with Gasteiger partial charge in [-0.25, -0.2) is 4.98 Å². The van der Waals surface area contributed by atoms with Crippen LogP contribution < -0.4 is 10.9 Å². The van der Waals surface area contributed by atoms with Crippen LogP contribution in [0.4, 0.5) is 0 Å². The van der Waals surface area contributed by atoms with E-state index in [-0.39, 0.29) is 11.5 Å². The summed E-state index contributed by atoms with van der Waals surface area (Å²) in [4.78, 5) is 34.3. The van der Waals surface area contributed by atoms with Crippen LogP contribution >= 0.6 is 23.1 Å². The van der Waals surface area contributed by atoms with E-state index in [1.54, 1.807) is 11.3 Å². The normalized spacial score (nSPS) is 13.4. The largest absolute Gasteiger partial charge is 0.355 e. The van der Waals surface area contributed by atoms with Gasteiger partial charge in [-0.1, -0.05) is 30.3 Å². The predicted octanol–water partition coefficient (Wildman–Crippen LogP) is 3.85. The zero-order valence-corrected chi connectivity index (χ0v) is 18.0. The molecule has 0 bridgehead atoms. The average Bonchev–Trinajstić information content (AvgIpc) is 3.11. The summed E-state index contributed by atoms with van der Waals surface area (Å²) in [6.07, 6.45) is 6.28. The third-order valence-corrected chi connectivity index (χ3v) is 7.28. The fourth-order valence-electron chi connectivity index (χ4n) is 3.73. The third-order valence-electron chi connectivity index (χ3n) is 5.15. The molecule has 0 fully saturated rings. The summed E-state index contributed by atoms with van der Waals surface area (Å²) < 4.78 is 0. The van der Waals surface area contributed by atoms with E-state index in [1.807, 2.05) is 18.2 Å². The predicted molar refractivity (Wildman–Crippen MR) is 121 cm³/mol. The van der Waals surface area contributed by atoms with E-state index in [0.717, 1.165) is 42.3 Å². The Kier molecular flexibility index (Phi) is 6.67. The van der Waals surface area contributed by atoms with Crippen molar-refractivity contribution in [2.24, 2.45) is 0 Å². The summed E-state index contributed by atoms with van der Waals surface area (Å²) in [6.45, 7) is 0.677. The molecule has 5 nitrogen and oxygen atoms in total. The monoisotopic (exact) mass is 427 g/mol. The minimum atomic E-state index is -0.0321. The van der Waals surface area contributed by atoms with Gasteiger partial charge in [0, 0.05) is 11.4 Å². The molecule has 0 saturated heterocycles. The fraction of sp³-hybridized carbons (Fsp3) is 0.409. The summed E-state index contributed by atoms with van der Waals surface area (Å²) in [5.41, 5.74) is 2.46. The van der Waals surface area contributed by atoms with Crippen molar-refractivity contribution in [3.8, 4) is 0 Å². The molecule has 152 valence electrons. The van der Waals surface area contributed by atoms with E-state index in [0.29, 0.717) is 23.9 Å². The zero-order valence-electron chi connectivity index (χ0n) is 16.3. The Balaban J connectivity index is 1.24. The molecule has 1 aromatic carbocycles. The number of carbonyl (C=O) groups is 1. The van der Waals surface area contributed by atoms with Gasteiger partial charge >= 0.3 is 0 Å². The molecule has 0 spiro atoms. The van der Waals surface area contributed by atoms with Gasteiger partial charge in [0.05, 0.1) is 16.9 Å². The highest BCUT2D eigenvalue weighted by atomic mass is 32.2. The number of rotatable bonds is 8. The summed E-state index contributed by atoms with van der Waals surface area (Å²) in [5.74, 6) is 1.58. The lowest BCUT2D eigenvalue weighted by atomic mass is 9.97. The SMILES string of the molecule is O=C(CSCc1nc2sc3c(c2c(=O)[nH]1)CCCC3)NCCCc1ccccc1. The Hall–Kier alpha value is -2.12. The second-order valence-corrected chi connectivity index (χ2v) is 9.40. The number of aryl methyl sites for hydroxylation is 3. The van der Waals surface area contributed by atoms with Gasteiger partial charge in [-0.15, -0.1) is 23.1 Å². The first-order valence-corrected chi connectivity index (χ1v) is 12.1. The second kappa shape index (κ2) is 9.59. The minimum absolute atomic E-state index is 0.0260. The molecule has 0 atom stereocenters. The number of hydrogen-bond donors (Lipinski definition) is 2. The zero-order chi connectivity index (χ0) is 20.1. The topological polar surface area (TPSA) is 74.8 Å². The molecular weight excluding hydrogens is 402 g/mol. The van der Waals surface area contributed by atoms with Crippen molar-refractivity contribution in [1.82, 2.24) is 15.3 Å². The molecule has 1 aliphatic rings. The molecule has 2 heterocycles. The van der Waals surface area contributed by atoms with Crippen LogP contribution in [0.25, 0.3) is 10.2 Å². The quantitative estimate of drug-likeness (QED) is 0.536. The maximum atomic E-state index is 12.5. The smallest absolute Gasteiger partial charge is 0.259 e. The van der Waals surface area contributed by atoms with Crippen LogP contribution in [0.5, 0.6) is 0 Å². The Bertz CT molecular complexity index is 1040. The van der Waals surface area contributed by atoms with E-state index in [2.05, 4.69) is 27.4 Å². The second-order valence-electron chi connectivity index (χ2n) is 7.34. The number of carbonyl (C=O) groups excluding carboxylic acids is 1. The van der Waals surface area contributed by atoms with Crippen LogP contribution in [0.15, 0.2) is 35.1 Å². The molecule has 0 radical (unpaired) electrons. The lowest BCUT2D eigenvalue weighted by molar-refractivity contribution is -0.118. The molecule has 1 amide bonds. The first-order valence-electron chi connectivity index (χ1n) is 10.1. The highest BCUT2D eigenvalue weighted by Gasteiger charge is 2.19. The molecule has 2 aromatic heterocycles. The summed E-state index contributed by atoms with van der Waals surface area (Å²) >= 11 is 3.14. The molecule has 2 N–H and O–H groups in total. The van der Waals surface area contributed by atoms with Gasteiger partial charge in [0.25, 0.3) is 5.56 Å². The number of benzene rings is 1. The molecule has 0 saturated carbocycles. The number of H-pyrrole nitrogens is 1. The van der Waals surface area contributed by atoms with Crippen molar-refractivity contribution in [2.75, 3.05) is 12.3 Å². The van der Waals surface area contributed by atoms with Gasteiger partial charge in [-0.3, -0.25) is 9.59 Å². The molecular formula is C22H25N3O2S2. The highest BCUT2D eigenvalue weighted by Crippen LogP contribution is 2.33. The number of nitrogens with one attached hydrogen (secondary N) is 2. The number of fused-ring (bicyclic) bond motifs is 3. The van der Waals surface area contributed by atoms with Crippen molar-refractivity contribution in [3.63, 3.8) is 0 Å². The van der Waals surface area contributed by atoms with Crippen LogP contribution in [0.1, 0.15) is 41.1 Å². The molecule has 0 aliphatic heterocycles. The fourth-order valence-corrected chi connectivity index (χ4v) is 5.73. The number of aromatic amines is 1. The van der Waals surface area contributed by atoms with Crippen molar-refractivity contribution >= 4 is 39.2 Å². The first kappa shape index (κ1) is 20.2. The third kappa shape index (κ3) is 5.08. The van der Waals surface area contributed by atoms with Gasteiger partial charge in [0.15, 0.2) is 0 Å².